The van der Waals surface area contributed by atoms with Crippen LogP contribution in [0.15, 0.2) is 23.6 Å². The van der Waals surface area contributed by atoms with E-state index in [0.717, 1.165) is 23.4 Å². The molecule has 1 aliphatic rings. The summed E-state index contributed by atoms with van der Waals surface area (Å²) in [5, 5.41) is 4.60. The molecule has 15 heavy (non-hydrogen) atoms. The molecule has 1 fully saturated rings. The molecule has 0 aromatic carbocycles. The average Bonchev–Trinajstić information content (AvgIpc) is 2.79. The van der Waals surface area contributed by atoms with Gasteiger partial charge in [-0.1, -0.05) is 12.8 Å². The Morgan fingerprint density at radius 3 is 2.93 bits per heavy atom. The van der Waals surface area contributed by atoms with Gasteiger partial charge in [-0.3, -0.25) is 4.98 Å². The number of hydrogen-bond donors (Lipinski definition) is 1. The van der Waals surface area contributed by atoms with Gasteiger partial charge in [-0.2, -0.15) is 0 Å². The third-order valence-electron chi connectivity index (χ3n) is 2.68. The molecule has 4 heteroatoms. The van der Waals surface area contributed by atoms with Gasteiger partial charge in [0.05, 0.1) is 6.20 Å². The Labute approximate surface area is 95.1 Å². The predicted octanol–water partition coefficient (Wildman–Crippen LogP) is 2.10. The van der Waals surface area contributed by atoms with Crippen LogP contribution in [0.25, 0.3) is 0 Å². The van der Waals surface area contributed by atoms with E-state index in [4.69, 9.17) is 0 Å². The minimum atomic E-state index is 0.771. The van der Waals surface area contributed by atoms with Crippen LogP contribution in [0.1, 0.15) is 25.7 Å². The molecule has 2 rings (SSSR count). The van der Waals surface area contributed by atoms with Crippen LogP contribution < -0.4 is 5.32 Å². The highest BCUT2D eigenvalue weighted by Crippen LogP contribution is 2.18. The second-order valence-electron chi connectivity index (χ2n) is 3.83. The largest absolute Gasteiger partial charge is 0.313 e. The lowest BCUT2D eigenvalue weighted by atomic mass is 10.2. The van der Waals surface area contributed by atoms with Crippen LogP contribution in [0.5, 0.6) is 0 Å². The van der Waals surface area contributed by atoms with Crippen molar-refractivity contribution in [3.63, 3.8) is 0 Å². The van der Waals surface area contributed by atoms with Crippen LogP contribution >= 0.6 is 11.8 Å². The maximum absolute atomic E-state index is 4.22. The molecule has 0 saturated heterocycles. The van der Waals surface area contributed by atoms with Gasteiger partial charge in [-0.15, -0.1) is 11.8 Å². The number of nitrogens with one attached hydrogen (secondary N) is 1. The predicted molar refractivity (Wildman–Crippen MR) is 63.0 cm³/mol. The van der Waals surface area contributed by atoms with Gasteiger partial charge in [-0.05, 0) is 12.8 Å². The molecule has 0 atom stereocenters. The molecule has 1 aromatic heterocycles. The lowest BCUT2D eigenvalue weighted by Gasteiger charge is -2.10. The quantitative estimate of drug-likeness (QED) is 0.613. The van der Waals surface area contributed by atoms with Gasteiger partial charge in [0.1, 0.15) is 5.03 Å². The van der Waals surface area contributed by atoms with Crippen molar-refractivity contribution in [3.8, 4) is 0 Å². The van der Waals surface area contributed by atoms with Gasteiger partial charge in [0.2, 0.25) is 0 Å². The zero-order valence-corrected chi connectivity index (χ0v) is 9.67. The Morgan fingerprint density at radius 1 is 1.33 bits per heavy atom. The van der Waals surface area contributed by atoms with Crippen molar-refractivity contribution in [2.45, 2.75) is 36.8 Å². The van der Waals surface area contributed by atoms with Crippen LogP contribution in [-0.2, 0) is 0 Å². The van der Waals surface area contributed by atoms with E-state index in [1.165, 1.54) is 25.7 Å². The van der Waals surface area contributed by atoms with Gasteiger partial charge in [0.15, 0.2) is 0 Å². The van der Waals surface area contributed by atoms with Gasteiger partial charge < -0.3 is 5.32 Å². The van der Waals surface area contributed by atoms with E-state index >= 15 is 0 Å². The van der Waals surface area contributed by atoms with E-state index < -0.39 is 0 Å². The maximum Gasteiger partial charge on any atom is 0.114 e. The van der Waals surface area contributed by atoms with Gasteiger partial charge >= 0.3 is 0 Å². The average molecular weight is 223 g/mol. The van der Waals surface area contributed by atoms with E-state index in [9.17, 15) is 0 Å². The van der Waals surface area contributed by atoms with Gasteiger partial charge in [-0.25, -0.2) is 4.98 Å². The van der Waals surface area contributed by atoms with Crippen molar-refractivity contribution in [2.24, 2.45) is 0 Å². The third-order valence-corrected chi connectivity index (χ3v) is 3.59. The van der Waals surface area contributed by atoms with Crippen LogP contribution in [0.4, 0.5) is 0 Å². The summed E-state index contributed by atoms with van der Waals surface area (Å²) in [4.78, 5) is 8.26. The first-order chi connectivity index (χ1) is 7.45. The van der Waals surface area contributed by atoms with Gasteiger partial charge in [0.25, 0.3) is 0 Å². The first-order valence-electron chi connectivity index (χ1n) is 5.57. The summed E-state index contributed by atoms with van der Waals surface area (Å²) < 4.78 is 0. The van der Waals surface area contributed by atoms with Crippen molar-refractivity contribution < 1.29 is 0 Å². The molecule has 0 unspecified atom stereocenters. The van der Waals surface area contributed by atoms with Gasteiger partial charge in [0, 0.05) is 30.7 Å². The van der Waals surface area contributed by atoms with Crippen molar-refractivity contribution in [1.29, 1.82) is 0 Å². The smallest absolute Gasteiger partial charge is 0.114 e. The number of hydrogen-bond acceptors (Lipinski definition) is 4. The molecule has 0 aliphatic heterocycles. The zero-order chi connectivity index (χ0) is 10.3. The lowest BCUT2D eigenvalue weighted by molar-refractivity contribution is 0.545. The summed E-state index contributed by atoms with van der Waals surface area (Å²) in [6.07, 6.45) is 10.8. The van der Waals surface area contributed by atoms with E-state index in [-0.39, 0.29) is 0 Å². The Kier molecular flexibility index (Phi) is 4.41. The van der Waals surface area contributed by atoms with Crippen molar-refractivity contribution in [3.05, 3.63) is 18.6 Å². The molecule has 1 saturated carbocycles. The molecule has 1 N–H and O–H groups in total. The lowest BCUT2D eigenvalue weighted by Crippen LogP contribution is -2.28. The Bertz CT molecular complexity index is 272. The monoisotopic (exact) mass is 223 g/mol. The fourth-order valence-corrected chi connectivity index (χ4v) is 2.61. The normalized spacial score (nSPS) is 17.1. The minimum absolute atomic E-state index is 0.771. The van der Waals surface area contributed by atoms with E-state index in [2.05, 4.69) is 15.3 Å². The summed E-state index contributed by atoms with van der Waals surface area (Å²) >= 11 is 1.77. The van der Waals surface area contributed by atoms with Crippen molar-refractivity contribution in [2.75, 3.05) is 12.3 Å². The second-order valence-corrected chi connectivity index (χ2v) is 4.94. The number of thioether (sulfide) groups is 1. The molecule has 1 heterocycles. The summed E-state index contributed by atoms with van der Waals surface area (Å²) in [5.74, 6) is 1.08. The van der Waals surface area contributed by atoms with Crippen LogP contribution in [-0.4, -0.2) is 28.3 Å². The maximum atomic E-state index is 4.22. The molecule has 0 spiro atoms. The Hall–Kier alpha value is -0.610. The SMILES string of the molecule is c1cnc(SCCNC2CCCC2)cn1. The highest BCUT2D eigenvalue weighted by atomic mass is 32.2. The van der Waals surface area contributed by atoms with Crippen molar-refractivity contribution >= 4 is 11.8 Å². The highest BCUT2D eigenvalue weighted by molar-refractivity contribution is 7.99. The summed E-state index contributed by atoms with van der Waals surface area (Å²) in [7, 11) is 0. The van der Waals surface area contributed by atoms with E-state index in [0.29, 0.717) is 0 Å². The minimum Gasteiger partial charge on any atom is -0.313 e. The number of rotatable bonds is 5. The van der Waals surface area contributed by atoms with Crippen LogP contribution in [0.3, 0.4) is 0 Å². The molecule has 0 radical (unpaired) electrons. The topological polar surface area (TPSA) is 37.8 Å². The molecular formula is C11H17N3S. The molecule has 1 aromatic rings. The molecule has 3 nitrogen and oxygen atoms in total. The molecular weight excluding hydrogens is 206 g/mol. The van der Waals surface area contributed by atoms with Crippen molar-refractivity contribution in [1.82, 2.24) is 15.3 Å². The Balaban J connectivity index is 1.59. The molecule has 0 amide bonds. The molecule has 1 aliphatic carbocycles. The summed E-state index contributed by atoms with van der Waals surface area (Å²) in [6.45, 7) is 1.08. The fourth-order valence-electron chi connectivity index (χ4n) is 1.91. The highest BCUT2D eigenvalue weighted by Gasteiger charge is 2.13. The molecule has 82 valence electrons. The first-order valence-corrected chi connectivity index (χ1v) is 6.56. The Morgan fingerprint density at radius 2 is 2.20 bits per heavy atom. The van der Waals surface area contributed by atoms with Crippen LogP contribution in [0, 0.1) is 0 Å². The summed E-state index contributed by atoms with van der Waals surface area (Å²) in [6, 6.07) is 0.771. The summed E-state index contributed by atoms with van der Waals surface area (Å²) in [5.41, 5.74) is 0. The molecule has 0 bridgehead atoms. The second kappa shape index (κ2) is 6.08. The van der Waals surface area contributed by atoms with E-state index in [1.807, 2.05) is 6.20 Å². The zero-order valence-electron chi connectivity index (χ0n) is 8.85. The first kappa shape index (κ1) is 10.9. The van der Waals surface area contributed by atoms with E-state index in [1.54, 1.807) is 24.2 Å². The number of aromatic nitrogens is 2. The number of nitrogens with zero attached hydrogens (tertiary/aromatic N) is 2. The third kappa shape index (κ3) is 3.80. The standard InChI is InChI=1S/C11H17N3S/c1-2-4-10(3-1)13-7-8-15-11-9-12-5-6-14-11/h5-6,9-10,13H,1-4,7-8H2. The fraction of sp³-hybridized carbons (Fsp3) is 0.636. The van der Waals surface area contributed by atoms with Crippen LogP contribution in [0.2, 0.25) is 0 Å².